The van der Waals surface area contributed by atoms with Crippen LogP contribution in [-0.2, 0) is 29.0 Å². The van der Waals surface area contributed by atoms with E-state index in [1.165, 1.54) is 7.11 Å². The third kappa shape index (κ3) is 2.45. The lowest BCUT2D eigenvalue weighted by Crippen LogP contribution is -2.42. The van der Waals surface area contributed by atoms with Crippen LogP contribution in [0.1, 0.15) is 27.0 Å². The van der Waals surface area contributed by atoms with Gasteiger partial charge in [0.25, 0.3) is 0 Å². The van der Waals surface area contributed by atoms with E-state index in [1.54, 1.807) is 12.1 Å². The standard InChI is InChI=1S/C13H16N2O4/c1-19-13(18)8-3-2-7(5-14)9-4-11(12(16)17)15-6-10(8)9/h2-3,11,15H,4-6,14H2,1H3,(H,16,17). The number of fused-ring (bicyclic) bond motifs is 1. The normalized spacial score (nSPS) is 17.7. The Morgan fingerprint density at radius 1 is 1.47 bits per heavy atom. The average Bonchev–Trinajstić information content (AvgIpc) is 2.44. The molecule has 19 heavy (non-hydrogen) atoms. The molecule has 0 saturated carbocycles. The van der Waals surface area contributed by atoms with Gasteiger partial charge < -0.3 is 15.6 Å². The zero-order valence-corrected chi connectivity index (χ0v) is 10.6. The molecule has 0 radical (unpaired) electrons. The quantitative estimate of drug-likeness (QED) is 0.666. The Morgan fingerprint density at radius 2 is 2.21 bits per heavy atom. The fourth-order valence-corrected chi connectivity index (χ4v) is 2.37. The molecule has 0 bridgehead atoms. The van der Waals surface area contributed by atoms with Crippen molar-refractivity contribution in [2.75, 3.05) is 7.11 Å². The maximum atomic E-state index is 11.7. The van der Waals surface area contributed by atoms with E-state index >= 15 is 0 Å². The highest BCUT2D eigenvalue weighted by Gasteiger charge is 2.28. The number of benzene rings is 1. The Hall–Kier alpha value is -1.92. The van der Waals surface area contributed by atoms with Gasteiger partial charge in [0.1, 0.15) is 6.04 Å². The number of methoxy groups -OCH3 is 1. The van der Waals surface area contributed by atoms with Gasteiger partial charge in [-0.3, -0.25) is 10.1 Å². The van der Waals surface area contributed by atoms with E-state index in [9.17, 15) is 9.59 Å². The molecule has 0 fully saturated rings. The summed E-state index contributed by atoms with van der Waals surface area (Å²) in [5.41, 5.74) is 8.63. The first-order valence-electron chi connectivity index (χ1n) is 5.96. The number of nitrogens with one attached hydrogen (secondary N) is 1. The molecular weight excluding hydrogens is 248 g/mol. The van der Waals surface area contributed by atoms with E-state index in [4.69, 9.17) is 15.6 Å². The number of carbonyl (C=O) groups excluding carboxylic acids is 1. The van der Waals surface area contributed by atoms with Crippen molar-refractivity contribution in [3.8, 4) is 0 Å². The van der Waals surface area contributed by atoms with Crippen LogP contribution in [0.15, 0.2) is 12.1 Å². The van der Waals surface area contributed by atoms with Gasteiger partial charge in [0.15, 0.2) is 0 Å². The van der Waals surface area contributed by atoms with Crippen molar-refractivity contribution < 1.29 is 19.4 Å². The smallest absolute Gasteiger partial charge is 0.338 e. The maximum Gasteiger partial charge on any atom is 0.338 e. The van der Waals surface area contributed by atoms with Crippen LogP contribution in [0.3, 0.4) is 0 Å². The van der Waals surface area contributed by atoms with Gasteiger partial charge in [-0.15, -0.1) is 0 Å². The Morgan fingerprint density at radius 3 is 2.79 bits per heavy atom. The molecule has 2 rings (SSSR count). The first-order valence-corrected chi connectivity index (χ1v) is 5.96. The summed E-state index contributed by atoms with van der Waals surface area (Å²) in [6.07, 6.45) is 0.321. The third-order valence-electron chi connectivity index (χ3n) is 3.39. The van der Waals surface area contributed by atoms with Crippen LogP contribution in [0, 0.1) is 0 Å². The summed E-state index contributed by atoms with van der Waals surface area (Å²) in [5.74, 6) is -1.33. The number of carbonyl (C=O) groups is 2. The Labute approximate surface area is 110 Å². The van der Waals surface area contributed by atoms with Gasteiger partial charge in [0.2, 0.25) is 0 Å². The maximum absolute atomic E-state index is 11.7. The Balaban J connectivity index is 2.48. The summed E-state index contributed by atoms with van der Waals surface area (Å²) < 4.78 is 4.74. The SMILES string of the molecule is COC(=O)c1ccc(CN)c2c1CNC(C(=O)O)C2. The summed E-state index contributed by atoms with van der Waals surface area (Å²) in [6, 6.07) is 2.79. The van der Waals surface area contributed by atoms with Crippen molar-refractivity contribution in [2.24, 2.45) is 5.73 Å². The summed E-state index contributed by atoms with van der Waals surface area (Å²) in [4.78, 5) is 22.8. The number of nitrogens with two attached hydrogens (primary N) is 1. The van der Waals surface area contributed by atoms with Crippen molar-refractivity contribution in [2.45, 2.75) is 25.6 Å². The number of carboxylic acid groups (broad SMARTS) is 1. The molecular formula is C13H16N2O4. The van der Waals surface area contributed by atoms with E-state index in [0.29, 0.717) is 25.1 Å². The van der Waals surface area contributed by atoms with E-state index in [1.807, 2.05) is 0 Å². The van der Waals surface area contributed by atoms with Gasteiger partial charge in [0.05, 0.1) is 12.7 Å². The van der Waals surface area contributed by atoms with Gasteiger partial charge in [-0.25, -0.2) is 4.79 Å². The number of hydrogen-bond donors (Lipinski definition) is 3. The van der Waals surface area contributed by atoms with Gasteiger partial charge >= 0.3 is 11.9 Å². The minimum atomic E-state index is -0.905. The molecule has 0 aromatic heterocycles. The zero-order valence-electron chi connectivity index (χ0n) is 10.6. The molecule has 0 aliphatic carbocycles. The Kier molecular flexibility index (Phi) is 3.82. The third-order valence-corrected chi connectivity index (χ3v) is 3.39. The highest BCUT2D eigenvalue weighted by atomic mass is 16.5. The first kappa shape index (κ1) is 13.5. The number of aliphatic carboxylic acids is 1. The van der Waals surface area contributed by atoms with Crippen LogP contribution >= 0.6 is 0 Å². The topological polar surface area (TPSA) is 102 Å². The number of carboxylic acids is 1. The number of hydrogen-bond acceptors (Lipinski definition) is 5. The average molecular weight is 264 g/mol. The molecule has 6 nitrogen and oxygen atoms in total. The van der Waals surface area contributed by atoms with Crippen molar-refractivity contribution in [3.05, 3.63) is 34.4 Å². The lowest BCUT2D eigenvalue weighted by molar-refractivity contribution is -0.139. The largest absolute Gasteiger partial charge is 0.480 e. The molecule has 1 aromatic rings. The molecule has 0 spiro atoms. The molecule has 1 aromatic carbocycles. The molecule has 1 aliphatic heterocycles. The van der Waals surface area contributed by atoms with Gasteiger partial charge in [0, 0.05) is 13.1 Å². The molecule has 0 amide bonds. The molecule has 1 aliphatic rings. The lowest BCUT2D eigenvalue weighted by Gasteiger charge is -2.26. The van der Waals surface area contributed by atoms with Gasteiger partial charge in [-0.1, -0.05) is 6.07 Å². The number of esters is 1. The molecule has 4 N–H and O–H groups in total. The van der Waals surface area contributed by atoms with Crippen molar-refractivity contribution >= 4 is 11.9 Å². The van der Waals surface area contributed by atoms with E-state index in [2.05, 4.69) is 5.32 Å². The second kappa shape index (κ2) is 5.38. The first-order chi connectivity index (χ1) is 9.08. The summed E-state index contributed by atoms with van der Waals surface area (Å²) in [6.45, 7) is 0.640. The van der Waals surface area contributed by atoms with Crippen LogP contribution < -0.4 is 11.1 Å². The van der Waals surface area contributed by atoms with E-state index in [-0.39, 0.29) is 0 Å². The predicted molar refractivity (Wildman–Crippen MR) is 67.6 cm³/mol. The second-order valence-electron chi connectivity index (χ2n) is 4.40. The van der Waals surface area contributed by atoms with Crippen molar-refractivity contribution in [1.29, 1.82) is 0 Å². The second-order valence-corrected chi connectivity index (χ2v) is 4.40. The molecule has 0 saturated heterocycles. The minimum Gasteiger partial charge on any atom is -0.480 e. The molecule has 1 heterocycles. The lowest BCUT2D eigenvalue weighted by atomic mass is 9.88. The van der Waals surface area contributed by atoms with Crippen LogP contribution in [0.2, 0.25) is 0 Å². The molecule has 102 valence electrons. The highest BCUT2D eigenvalue weighted by Crippen LogP contribution is 2.25. The fourth-order valence-electron chi connectivity index (χ4n) is 2.37. The number of ether oxygens (including phenoxy) is 1. The molecule has 1 unspecified atom stereocenters. The van der Waals surface area contributed by atoms with Crippen molar-refractivity contribution in [3.63, 3.8) is 0 Å². The summed E-state index contributed by atoms with van der Waals surface area (Å²) in [5, 5.41) is 12.0. The Bertz CT molecular complexity index is 528. The van der Waals surface area contributed by atoms with Crippen LogP contribution in [0.4, 0.5) is 0 Å². The molecule has 6 heteroatoms. The summed E-state index contributed by atoms with van der Waals surface area (Å²) in [7, 11) is 1.32. The van der Waals surface area contributed by atoms with Crippen molar-refractivity contribution in [1.82, 2.24) is 5.32 Å². The van der Waals surface area contributed by atoms with Gasteiger partial charge in [-0.05, 0) is 29.2 Å². The van der Waals surface area contributed by atoms with Crippen LogP contribution in [0.25, 0.3) is 0 Å². The predicted octanol–water partition coefficient (Wildman–Crippen LogP) is 0.0308. The minimum absolute atomic E-state index is 0.316. The van der Waals surface area contributed by atoms with Crippen LogP contribution in [-0.4, -0.2) is 30.2 Å². The van der Waals surface area contributed by atoms with Gasteiger partial charge in [-0.2, -0.15) is 0 Å². The summed E-state index contributed by atoms with van der Waals surface area (Å²) >= 11 is 0. The monoisotopic (exact) mass is 264 g/mol. The van der Waals surface area contributed by atoms with E-state index < -0.39 is 18.0 Å². The number of rotatable bonds is 3. The highest BCUT2D eigenvalue weighted by molar-refractivity contribution is 5.92. The molecule has 1 atom stereocenters. The fraction of sp³-hybridized carbons (Fsp3) is 0.385. The van der Waals surface area contributed by atoms with Crippen LogP contribution in [0.5, 0.6) is 0 Å². The zero-order chi connectivity index (χ0) is 14.0. The van der Waals surface area contributed by atoms with E-state index in [0.717, 1.165) is 16.7 Å².